The summed E-state index contributed by atoms with van der Waals surface area (Å²) in [5.74, 6) is 0.732. The second kappa shape index (κ2) is 16.1. The molecule has 0 saturated heterocycles. The number of benzene rings is 2. The van der Waals surface area contributed by atoms with Gasteiger partial charge in [0.25, 0.3) is 0 Å². The second-order valence-corrected chi connectivity index (χ2v) is 11.8. The van der Waals surface area contributed by atoms with Crippen LogP contribution < -0.4 is 0 Å². The van der Waals surface area contributed by atoms with Crippen LogP contribution in [0.2, 0.25) is 0 Å². The molecule has 0 radical (unpaired) electrons. The number of carbonyl (C=O) groups is 2. The highest BCUT2D eigenvalue weighted by atomic mass is 16.3. The van der Waals surface area contributed by atoms with Gasteiger partial charge in [-0.3, -0.25) is 19.6 Å². The molecular weight excluding hydrogens is 556 g/mol. The molecule has 0 bridgehead atoms. The summed E-state index contributed by atoms with van der Waals surface area (Å²) in [4.78, 5) is 32.8. The van der Waals surface area contributed by atoms with E-state index in [2.05, 4.69) is 41.2 Å². The van der Waals surface area contributed by atoms with Crippen LogP contribution in [0, 0.1) is 6.92 Å². The van der Waals surface area contributed by atoms with E-state index in [1.54, 1.807) is 36.3 Å². The van der Waals surface area contributed by atoms with Gasteiger partial charge in [-0.25, -0.2) is 0 Å². The molecule has 2 aliphatic carbocycles. The fraction of sp³-hybridized carbons (Fsp3) is 0.350. The third-order valence-corrected chi connectivity index (χ3v) is 8.58. The van der Waals surface area contributed by atoms with E-state index in [-0.39, 0.29) is 24.7 Å². The number of carbonyl (C=O) groups excluding carboxylic acids is 2. The molecule has 4 aromatic rings. The number of hydrogen-bond acceptors (Lipinski definition) is 5. The van der Waals surface area contributed by atoms with Gasteiger partial charge in [-0.15, -0.1) is 0 Å². The lowest BCUT2D eigenvalue weighted by atomic mass is 9.79. The van der Waals surface area contributed by atoms with Gasteiger partial charge < -0.3 is 5.11 Å². The van der Waals surface area contributed by atoms with Gasteiger partial charge in [0.2, 0.25) is 0 Å². The van der Waals surface area contributed by atoms with Gasteiger partial charge in [-0.1, -0.05) is 82.0 Å². The Labute approximate surface area is 270 Å². The summed E-state index contributed by atoms with van der Waals surface area (Å²) < 4.78 is 0. The molecule has 1 atom stereocenters. The van der Waals surface area contributed by atoms with E-state index in [0.717, 1.165) is 28.2 Å². The summed E-state index contributed by atoms with van der Waals surface area (Å²) in [7, 11) is 0. The van der Waals surface area contributed by atoms with Gasteiger partial charge in [0.15, 0.2) is 5.78 Å². The maximum atomic E-state index is 13.1. The summed E-state index contributed by atoms with van der Waals surface area (Å²) in [6.07, 6.45) is 15.1. The van der Waals surface area contributed by atoms with Gasteiger partial charge >= 0.3 is 0 Å². The highest BCUT2D eigenvalue weighted by molar-refractivity contribution is 6.30. The highest BCUT2D eigenvalue weighted by Crippen LogP contribution is 2.40. The minimum atomic E-state index is -0.236. The predicted molar refractivity (Wildman–Crippen MR) is 186 cm³/mol. The maximum absolute atomic E-state index is 13.1. The number of fused-ring (bicyclic) bond motifs is 1. The number of phenolic OH excluding ortho intramolecular Hbond substituents is 1. The van der Waals surface area contributed by atoms with Gasteiger partial charge in [0.05, 0.1) is 0 Å². The van der Waals surface area contributed by atoms with Gasteiger partial charge in [0, 0.05) is 54.7 Å². The van der Waals surface area contributed by atoms with Crippen molar-refractivity contribution in [2.24, 2.45) is 0 Å². The summed E-state index contributed by atoms with van der Waals surface area (Å²) in [5, 5.41) is 10.7. The topological polar surface area (TPSA) is 80.2 Å². The van der Waals surface area contributed by atoms with Crippen molar-refractivity contribution in [1.82, 2.24) is 9.97 Å². The molecule has 2 aliphatic rings. The second-order valence-electron chi connectivity index (χ2n) is 11.8. The molecular formula is C40H48N2O3. The molecule has 0 amide bonds. The number of aromatic hydroxyl groups is 1. The third kappa shape index (κ3) is 8.42. The Morgan fingerprint density at radius 3 is 2.27 bits per heavy atom. The summed E-state index contributed by atoms with van der Waals surface area (Å²) in [5.41, 5.74) is 8.17. The minimum absolute atomic E-state index is 0. The van der Waals surface area contributed by atoms with Crippen LogP contribution in [0.15, 0.2) is 79.3 Å². The van der Waals surface area contributed by atoms with E-state index in [9.17, 15) is 14.7 Å². The Morgan fingerprint density at radius 2 is 1.64 bits per heavy atom. The molecule has 236 valence electrons. The molecule has 2 aromatic carbocycles. The molecule has 1 unspecified atom stereocenters. The Morgan fingerprint density at radius 1 is 0.933 bits per heavy atom. The number of aromatic nitrogens is 2. The quantitative estimate of drug-likeness (QED) is 0.237. The Kier molecular flexibility index (Phi) is 12.0. The van der Waals surface area contributed by atoms with E-state index < -0.39 is 0 Å². The van der Waals surface area contributed by atoms with E-state index >= 15 is 0 Å². The molecule has 1 fully saturated rings. The number of hydrogen-bond donors (Lipinski definition) is 1. The van der Waals surface area contributed by atoms with Crippen molar-refractivity contribution >= 4 is 23.2 Å². The number of nitrogens with zero attached hydrogens (tertiary/aromatic N) is 2. The van der Waals surface area contributed by atoms with Crippen molar-refractivity contribution < 1.29 is 16.1 Å². The summed E-state index contributed by atoms with van der Waals surface area (Å²) in [6, 6.07) is 20.0. The van der Waals surface area contributed by atoms with Crippen LogP contribution in [-0.4, -0.2) is 26.6 Å². The SMILES string of the molecule is CC.CCC1C(=O)C(c2ccc(-c3ccc(CC(C)=O)nc3)cc2O)=Cc2cnccc21.Cc1ccc(C2CCCCC2)cc1.[HH]. The average Bonchev–Trinajstić information content (AvgIpc) is 3.07. The van der Waals surface area contributed by atoms with E-state index in [1.807, 2.05) is 51.1 Å². The van der Waals surface area contributed by atoms with Crippen molar-refractivity contribution in [3.05, 3.63) is 113 Å². The van der Waals surface area contributed by atoms with Crippen molar-refractivity contribution in [3.8, 4) is 16.9 Å². The Hall–Kier alpha value is -4.38. The largest absolute Gasteiger partial charge is 0.507 e. The number of ketones is 2. The first-order valence-electron chi connectivity index (χ1n) is 16.4. The van der Waals surface area contributed by atoms with Crippen LogP contribution in [0.5, 0.6) is 5.75 Å². The Bertz CT molecular complexity index is 1620. The summed E-state index contributed by atoms with van der Waals surface area (Å²) in [6.45, 7) is 9.68. The molecule has 1 N–H and O–H groups in total. The molecule has 45 heavy (non-hydrogen) atoms. The standard InChI is InChI=1S/C25H22N2O3.C13H18.C2H6.H2/c1-3-20-21-8-9-26-13-18(21)11-23(25(20)30)22-7-5-16(12-24(22)29)17-4-6-19(27-14-17)10-15(2)28;1-11-7-9-13(10-8-11)12-5-3-2-4-6-12;1-2;/h4-9,11-14,20,29H,3,10H2,1-2H3;7-10,12H,2-6H2,1H3;1-2H3;1H. The van der Waals surface area contributed by atoms with E-state index in [1.165, 1.54) is 44.6 Å². The molecule has 0 aliphatic heterocycles. The van der Waals surface area contributed by atoms with Crippen molar-refractivity contribution in [2.45, 2.75) is 91.4 Å². The van der Waals surface area contributed by atoms with Gasteiger partial charge in [0.1, 0.15) is 11.5 Å². The highest BCUT2D eigenvalue weighted by Gasteiger charge is 2.30. The zero-order valence-electron chi connectivity index (χ0n) is 27.3. The molecule has 2 heterocycles. The van der Waals surface area contributed by atoms with Crippen LogP contribution >= 0.6 is 0 Å². The molecule has 5 heteroatoms. The average molecular weight is 605 g/mol. The van der Waals surface area contributed by atoms with Crippen LogP contribution in [0.3, 0.4) is 0 Å². The summed E-state index contributed by atoms with van der Waals surface area (Å²) >= 11 is 0. The normalized spacial score (nSPS) is 15.9. The molecule has 0 spiro atoms. The molecule has 5 nitrogen and oxygen atoms in total. The minimum Gasteiger partial charge on any atom is -0.507 e. The molecule has 1 saturated carbocycles. The van der Waals surface area contributed by atoms with E-state index in [4.69, 9.17) is 0 Å². The molecule has 2 aromatic heterocycles. The van der Waals surface area contributed by atoms with Gasteiger partial charge in [-0.05, 0) is 91.6 Å². The number of aryl methyl sites for hydroxylation is 1. The lowest BCUT2D eigenvalue weighted by molar-refractivity contribution is -0.116. The van der Waals surface area contributed by atoms with Gasteiger partial charge in [-0.2, -0.15) is 0 Å². The zero-order chi connectivity index (χ0) is 32.3. The number of allylic oxidation sites excluding steroid dienone is 1. The number of phenols is 1. The maximum Gasteiger partial charge on any atom is 0.171 e. The van der Waals surface area contributed by atoms with Crippen LogP contribution in [0.1, 0.15) is 113 Å². The number of Topliss-reactive ketones (excluding diaryl/α,β-unsaturated/α-hetero) is 2. The zero-order valence-corrected chi connectivity index (χ0v) is 27.3. The first kappa shape index (κ1) is 33.5. The first-order valence-corrected chi connectivity index (χ1v) is 16.4. The van der Waals surface area contributed by atoms with Crippen LogP contribution in [0.4, 0.5) is 0 Å². The smallest absolute Gasteiger partial charge is 0.171 e. The predicted octanol–water partition coefficient (Wildman–Crippen LogP) is 9.91. The monoisotopic (exact) mass is 604 g/mol. The lowest BCUT2D eigenvalue weighted by Crippen LogP contribution is -2.18. The Balaban J connectivity index is 0.000000301. The van der Waals surface area contributed by atoms with E-state index in [0.29, 0.717) is 29.7 Å². The van der Waals surface area contributed by atoms with Crippen LogP contribution in [0.25, 0.3) is 22.8 Å². The number of pyridine rings is 2. The molecule has 6 rings (SSSR count). The van der Waals surface area contributed by atoms with Crippen molar-refractivity contribution in [1.29, 1.82) is 0 Å². The fourth-order valence-electron chi connectivity index (χ4n) is 6.20. The fourth-order valence-corrected chi connectivity index (χ4v) is 6.20. The van der Waals surface area contributed by atoms with Crippen LogP contribution in [-0.2, 0) is 16.0 Å². The lowest BCUT2D eigenvalue weighted by Gasteiger charge is -2.24. The number of rotatable bonds is 6. The van der Waals surface area contributed by atoms with Crippen molar-refractivity contribution in [2.75, 3.05) is 0 Å². The first-order chi connectivity index (χ1) is 21.8. The van der Waals surface area contributed by atoms with Crippen molar-refractivity contribution in [3.63, 3.8) is 0 Å². The third-order valence-electron chi connectivity index (χ3n) is 8.58.